The van der Waals surface area contributed by atoms with E-state index in [1.165, 1.54) is 4.68 Å². The van der Waals surface area contributed by atoms with Gasteiger partial charge in [-0.2, -0.15) is 4.68 Å². The molecule has 0 fully saturated rings. The van der Waals surface area contributed by atoms with Gasteiger partial charge in [-0.25, -0.2) is 4.68 Å². The molecule has 0 saturated carbocycles. The molecule has 0 atom stereocenters. The maximum atomic E-state index is 5.95. The smallest absolute Gasteiger partial charge is 0.346 e. The molecule has 0 aliphatic heterocycles. The molecule has 0 amide bonds. The summed E-state index contributed by atoms with van der Waals surface area (Å²) in [6.07, 6.45) is 3.18. The van der Waals surface area contributed by atoms with E-state index in [2.05, 4.69) is 31.1 Å². The molecule has 4 rings (SSSR count). The molecule has 142 valence electrons. The summed E-state index contributed by atoms with van der Waals surface area (Å²) in [4.78, 5) is 0. The number of hydrogen-bond donors (Lipinski definition) is 1. The van der Waals surface area contributed by atoms with E-state index in [4.69, 9.17) is 9.47 Å². The number of ether oxygens (including phenoxy) is 2. The van der Waals surface area contributed by atoms with Crippen LogP contribution in [-0.4, -0.2) is 41.7 Å². The molecule has 0 saturated heterocycles. The Balaban J connectivity index is 1.55. The van der Waals surface area contributed by atoms with Crippen molar-refractivity contribution in [2.45, 2.75) is 13.5 Å². The Kier molecular flexibility index (Phi) is 5.09. The molecule has 10 heteroatoms. The fraction of sp³-hybridized carbons (Fsp3) is 0.167. The minimum absolute atomic E-state index is 0.252. The van der Waals surface area contributed by atoms with E-state index in [1.54, 1.807) is 17.3 Å². The van der Waals surface area contributed by atoms with Crippen LogP contribution in [0, 0.1) is 0 Å². The Morgan fingerprint density at radius 1 is 1.00 bits per heavy atom. The van der Waals surface area contributed by atoms with Gasteiger partial charge in [0.1, 0.15) is 12.7 Å². The molecule has 1 N–H and O–H groups in total. The van der Waals surface area contributed by atoms with E-state index in [-0.39, 0.29) is 6.01 Å². The standard InChI is InChI=1S/C18H18N8O2/c1-2-27-17-10-14(11-21-25-12-19-20-13-25)8-9-16(17)28-18-22-23-24-26(18)15-6-4-3-5-7-15/h3-10,12-13,21H,2,11H2,1H3. The first-order valence-corrected chi connectivity index (χ1v) is 8.69. The molecule has 2 aromatic carbocycles. The van der Waals surface area contributed by atoms with Crippen LogP contribution < -0.4 is 14.9 Å². The Morgan fingerprint density at radius 2 is 1.82 bits per heavy atom. The minimum Gasteiger partial charge on any atom is -0.490 e. The van der Waals surface area contributed by atoms with Crippen molar-refractivity contribution >= 4 is 0 Å². The van der Waals surface area contributed by atoms with Gasteiger partial charge in [-0.1, -0.05) is 29.4 Å². The van der Waals surface area contributed by atoms with Gasteiger partial charge < -0.3 is 14.9 Å². The SMILES string of the molecule is CCOc1cc(CNn2cnnc2)ccc1Oc1nnnn1-c1ccccc1. The van der Waals surface area contributed by atoms with Gasteiger partial charge in [0.15, 0.2) is 11.5 Å². The molecule has 0 spiro atoms. The molecule has 2 heterocycles. The van der Waals surface area contributed by atoms with Gasteiger partial charge in [-0.05, 0) is 47.2 Å². The Hall–Kier alpha value is -3.95. The largest absolute Gasteiger partial charge is 0.490 e. The van der Waals surface area contributed by atoms with Crippen molar-refractivity contribution < 1.29 is 9.47 Å². The second-order valence-corrected chi connectivity index (χ2v) is 5.73. The summed E-state index contributed by atoms with van der Waals surface area (Å²) >= 11 is 0. The zero-order valence-corrected chi connectivity index (χ0v) is 15.1. The number of rotatable bonds is 8. The van der Waals surface area contributed by atoms with E-state index >= 15 is 0 Å². The summed E-state index contributed by atoms with van der Waals surface area (Å²) < 4.78 is 14.9. The van der Waals surface area contributed by atoms with Crippen molar-refractivity contribution in [2.24, 2.45) is 0 Å². The molecule has 0 aliphatic rings. The highest BCUT2D eigenvalue weighted by atomic mass is 16.5. The summed E-state index contributed by atoms with van der Waals surface area (Å²) in [5, 5.41) is 19.2. The molecule has 4 aromatic rings. The Morgan fingerprint density at radius 3 is 2.61 bits per heavy atom. The first kappa shape index (κ1) is 17.5. The topological polar surface area (TPSA) is 105 Å². The van der Waals surface area contributed by atoms with Crippen LogP contribution in [0.3, 0.4) is 0 Å². The van der Waals surface area contributed by atoms with E-state index in [9.17, 15) is 0 Å². The number of nitrogens with one attached hydrogen (secondary N) is 1. The van der Waals surface area contributed by atoms with Crippen LogP contribution in [0.15, 0.2) is 61.2 Å². The lowest BCUT2D eigenvalue weighted by molar-refractivity contribution is 0.315. The van der Waals surface area contributed by atoms with Gasteiger partial charge in [0, 0.05) is 0 Å². The third-order valence-electron chi connectivity index (χ3n) is 3.84. The van der Waals surface area contributed by atoms with Gasteiger partial charge in [-0.3, -0.25) is 0 Å². The third-order valence-corrected chi connectivity index (χ3v) is 3.84. The monoisotopic (exact) mass is 378 g/mol. The quantitative estimate of drug-likeness (QED) is 0.497. The van der Waals surface area contributed by atoms with Crippen molar-refractivity contribution in [2.75, 3.05) is 12.0 Å². The van der Waals surface area contributed by atoms with Crippen LogP contribution >= 0.6 is 0 Å². The normalized spacial score (nSPS) is 10.6. The van der Waals surface area contributed by atoms with Crippen molar-refractivity contribution in [3.05, 3.63) is 66.7 Å². The average molecular weight is 378 g/mol. The molecule has 28 heavy (non-hydrogen) atoms. The number of nitrogens with zero attached hydrogens (tertiary/aromatic N) is 7. The maximum Gasteiger partial charge on any atom is 0.346 e. The van der Waals surface area contributed by atoms with E-state index < -0.39 is 0 Å². The number of para-hydroxylation sites is 1. The molecular weight excluding hydrogens is 360 g/mol. The van der Waals surface area contributed by atoms with Crippen LogP contribution in [0.2, 0.25) is 0 Å². The van der Waals surface area contributed by atoms with Crippen molar-refractivity contribution in [1.29, 1.82) is 0 Å². The van der Waals surface area contributed by atoms with Crippen LogP contribution in [0.5, 0.6) is 17.5 Å². The molecule has 0 aliphatic carbocycles. The zero-order chi connectivity index (χ0) is 19.2. The molecule has 0 radical (unpaired) electrons. The highest BCUT2D eigenvalue weighted by Gasteiger charge is 2.14. The number of benzene rings is 2. The molecular formula is C18H18N8O2. The highest BCUT2D eigenvalue weighted by molar-refractivity contribution is 5.45. The van der Waals surface area contributed by atoms with Crippen LogP contribution in [0.25, 0.3) is 5.69 Å². The first-order valence-electron chi connectivity index (χ1n) is 8.69. The fourth-order valence-electron chi connectivity index (χ4n) is 2.55. The van der Waals surface area contributed by atoms with E-state index in [0.717, 1.165) is 11.3 Å². The third kappa shape index (κ3) is 3.90. The molecule has 0 unspecified atom stereocenters. The summed E-state index contributed by atoms with van der Waals surface area (Å²) in [6.45, 7) is 2.99. The van der Waals surface area contributed by atoms with Gasteiger partial charge in [-0.15, -0.1) is 10.2 Å². The Bertz CT molecular complexity index is 1020. The Labute approximate surface area is 160 Å². The summed E-state index contributed by atoms with van der Waals surface area (Å²) in [7, 11) is 0. The van der Waals surface area contributed by atoms with E-state index in [1.807, 2.05) is 55.5 Å². The number of tetrazole rings is 1. The average Bonchev–Trinajstić information content (AvgIpc) is 3.41. The predicted octanol–water partition coefficient (Wildman–Crippen LogP) is 2.19. The minimum atomic E-state index is 0.252. The molecule has 0 bridgehead atoms. The lowest BCUT2D eigenvalue weighted by Crippen LogP contribution is -2.12. The second-order valence-electron chi connectivity index (χ2n) is 5.73. The number of aromatic nitrogens is 7. The van der Waals surface area contributed by atoms with Crippen LogP contribution in [-0.2, 0) is 6.54 Å². The fourth-order valence-corrected chi connectivity index (χ4v) is 2.55. The van der Waals surface area contributed by atoms with Crippen molar-refractivity contribution in [3.63, 3.8) is 0 Å². The molecule has 10 nitrogen and oxygen atoms in total. The summed E-state index contributed by atoms with van der Waals surface area (Å²) in [6, 6.07) is 15.5. The van der Waals surface area contributed by atoms with Crippen molar-refractivity contribution in [1.82, 2.24) is 35.1 Å². The van der Waals surface area contributed by atoms with Crippen LogP contribution in [0.4, 0.5) is 0 Å². The van der Waals surface area contributed by atoms with Crippen molar-refractivity contribution in [3.8, 4) is 23.2 Å². The second kappa shape index (κ2) is 8.16. The van der Waals surface area contributed by atoms with Crippen LogP contribution in [0.1, 0.15) is 12.5 Å². The predicted molar refractivity (Wildman–Crippen MR) is 99.9 cm³/mol. The molecule has 2 aromatic heterocycles. The van der Waals surface area contributed by atoms with Gasteiger partial charge in [0.2, 0.25) is 0 Å². The zero-order valence-electron chi connectivity index (χ0n) is 15.1. The summed E-state index contributed by atoms with van der Waals surface area (Å²) in [5.74, 6) is 1.13. The van der Waals surface area contributed by atoms with E-state index in [0.29, 0.717) is 24.7 Å². The number of hydrogen-bond acceptors (Lipinski definition) is 8. The highest BCUT2D eigenvalue weighted by Crippen LogP contribution is 2.32. The van der Waals surface area contributed by atoms with Gasteiger partial charge >= 0.3 is 6.01 Å². The van der Waals surface area contributed by atoms with Gasteiger partial charge in [0.25, 0.3) is 0 Å². The lowest BCUT2D eigenvalue weighted by atomic mass is 10.2. The van der Waals surface area contributed by atoms with Gasteiger partial charge in [0.05, 0.1) is 18.8 Å². The maximum absolute atomic E-state index is 5.95. The summed E-state index contributed by atoms with van der Waals surface area (Å²) in [5.41, 5.74) is 4.97. The first-order chi connectivity index (χ1) is 13.8. The lowest BCUT2D eigenvalue weighted by Gasteiger charge is -2.13.